The second kappa shape index (κ2) is 6.64. The van der Waals surface area contributed by atoms with Gasteiger partial charge in [0, 0.05) is 18.9 Å². The number of amides is 1. The highest BCUT2D eigenvalue weighted by atomic mass is 79.9. The van der Waals surface area contributed by atoms with Crippen molar-refractivity contribution in [3.63, 3.8) is 0 Å². The third kappa shape index (κ3) is 3.18. The van der Waals surface area contributed by atoms with Crippen molar-refractivity contribution >= 4 is 39.3 Å². The van der Waals surface area contributed by atoms with E-state index in [2.05, 4.69) is 21.2 Å². The molecule has 1 aromatic carbocycles. The number of aromatic nitrogens is 1. The smallest absolute Gasteiger partial charge is 0.377 e. The number of aryl methyl sites for hydroxylation is 1. The molecule has 1 heterocycles. The molecule has 0 saturated heterocycles. The maximum atomic E-state index is 13.3. The SMILES string of the molecule is Cn1cc(C(=O)C(=O)O)c(Br)c1C(=O)Nc1ccc(F)c(C#N)c1. The highest BCUT2D eigenvalue weighted by Crippen LogP contribution is 2.25. The van der Waals surface area contributed by atoms with Crippen LogP contribution in [0.25, 0.3) is 0 Å². The van der Waals surface area contributed by atoms with Crippen LogP contribution in [0.2, 0.25) is 0 Å². The lowest BCUT2D eigenvalue weighted by atomic mass is 10.2. The van der Waals surface area contributed by atoms with Gasteiger partial charge in [-0.15, -0.1) is 0 Å². The summed E-state index contributed by atoms with van der Waals surface area (Å²) in [6.07, 6.45) is 1.21. The largest absolute Gasteiger partial charge is 0.475 e. The molecule has 1 aromatic heterocycles. The van der Waals surface area contributed by atoms with Gasteiger partial charge in [-0.25, -0.2) is 9.18 Å². The van der Waals surface area contributed by atoms with Crippen molar-refractivity contribution < 1.29 is 23.9 Å². The van der Waals surface area contributed by atoms with Gasteiger partial charge in [-0.2, -0.15) is 5.26 Å². The Morgan fingerprint density at radius 3 is 2.62 bits per heavy atom. The monoisotopic (exact) mass is 393 g/mol. The molecule has 0 radical (unpaired) electrons. The van der Waals surface area contributed by atoms with Crippen LogP contribution in [0.1, 0.15) is 26.4 Å². The number of ketones is 1. The van der Waals surface area contributed by atoms with Crippen molar-refractivity contribution in [2.24, 2.45) is 7.05 Å². The van der Waals surface area contributed by atoms with E-state index in [1.54, 1.807) is 6.07 Å². The molecule has 0 spiro atoms. The first-order valence-electron chi connectivity index (χ1n) is 6.39. The van der Waals surface area contributed by atoms with Crippen LogP contribution in [0.5, 0.6) is 0 Å². The minimum Gasteiger partial charge on any atom is -0.475 e. The molecular formula is C15H9BrFN3O4. The molecule has 122 valence electrons. The minimum absolute atomic E-state index is 0.00225. The predicted octanol–water partition coefficient (Wildman–Crippen LogP) is 2.32. The lowest BCUT2D eigenvalue weighted by Crippen LogP contribution is -2.16. The Bertz CT molecular complexity index is 914. The molecular weight excluding hydrogens is 385 g/mol. The number of anilines is 1. The molecule has 0 aliphatic rings. The Kier molecular flexibility index (Phi) is 4.80. The molecule has 0 bridgehead atoms. The van der Waals surface area contributed by atoms with E-state index >= 15 is 0 Å². The summed E-state index contributed by atoms with van der Waals surface area (Å²) in [4.78, 5) is 34.7. The molecule has 2 N–H and O–H groups in total. The maximum absolute atomic E-state index is 13.3. The normalized spacial score (nSPS) is 10.1. The van der Waals surface area contributed by atoms with E-state index in [-0.39, 0.29) is 27.0 Å². The van der Waals surface area contributed by atoms with Gasteiger partial charge < -0.3 is 15.0 Å². The first kappa shape index (κ1) is 17.4. The van der Waals surface area contributed by atoms with Gasteiger partial charge in [-0.3, -0.25) is 9.59 Å². The van der Waals surface area contributed by atoms with Crippen LogP contribution in [0.4, 0.5) is 10.1 Å². The standard InChI is InChI=1S/C15H9BrFN3O4/c1-20-6-9(13(21)15(23)24)11(16)12(20)14(22)19-8-2-3-10(17)7(4-8)5-18/h2-4,6H,1H3,(H,19,22)(H,23,24). The van der Waals surface area contributed by atoms with Gasteiger partial charge in [0.05, 0.1) is 15.6 Å². The fourth-order valence-corrected chi connectivity index (χ4v) is 2.75. The third-order valence-electron chi connectivity index (χ3n) is 3.12. The topological polar surface area (TPSA) is 112 Å². The van der Waals surface area contributed by atoms with Crippen molar-refractivity contribution in [1.29, 1.82) is 5.26 Å². The number of carbonyl (C=O) groups excluding carboxylic acids is 2. The van der Waals surface area contributed by atoms with Crippen LogP contribution >= 0.6 is 15.9 Å². The van der Waals surface area contributed by atoms with Gasteiger partial charge in [0.25, 0.3) is 11.7 Å². The van der Waals surface area contributed by atoms with E-state index < -0.39 is 23.5 Å². The van der Waals surface area contributed by atoms with E-state index in [0.717, 1.165) is 12.1 Å². The van der Waals surface area contributed by atoms with E-state index in [4.69, 9.17) is 10.4 Å². The van der Waals surface area contributed by atoms with Crippen LogP contribution < -0.4 is 5.32 Å². The molecule has 0 aliphatic carbocycles. The van der Waals surface area contributed by atoms with Gasteiger partial charge in [-0.05, 0) is 34.1 Å². The van der Waals surface area contributed by atoms with Crippen molar-refractivity contribution in [2.75, 3.05) is 5.32 Å². The fourth-order valence-electron chi connectivity index (χ4n) is 2.01. The minimum atomic E-state index is -1.65. The van der Waals surface area contributed by atoms with Crippen molar-refractivity contribution in [2.45, 2.75) is 0 Å². The summed E-state index contributed by atoms with van der Waals surface area (Å²) >= 11 is 3.05. The number of hydrogen-bond acceptors (Lipinski definition) is 4. The number of nitrogens with zero attached hydrogens (tertiary/aromatic N) is 2. The van der Waals surface area contributed by atoms with Gasteiger partial charge in [0.1, 0.15) is 17.6 Å². The molecule has 7 nitrogen and oxygen atoms in total. The van der Waals surface area contributed by atoms with Crippen LogP contribution in [0.3, 0.4) is 0 Å². The van der Waals surface area contributed by atoms with Crippen LogP contribution in [0.15, 0.2) is 28.9 Å². The average Bonchev–Trinajstić information content (AvgIpc) is 2.82. The summed E-state index contributed by atoms with van der Waals surface area (Å²) < 4.78 is 14.6. The zero-order valence-electron chi connectivity index (χ0n) is 12.1. The van der Waals surface area contributed by atoms with E-state index in [0.29, 0.717) is 0 Å². The Morgan fingerprint density at radius 2 is 2.04 bits per heavy atom. The summed E-state index contributed by atoms with van der Waals surface area (Å²) in [6.45, 7) is 0. The van der Waals surface area contributed by atoms with Crippen LogP contribution in [0, 0.1) is 17.1 Å². The molecule has 1 amide bonds. The second-order valence-corrected chi connectivity index (χ2v) is 5.50. The van der Waals surface area contributed by atoms with Crippen LogP contribution in [-0.4, -0.2) is 27.3 Å². The number of benzene rings is 1. The fraction of sp³-hybridized carbons (Fsp3) is 0.0667. The van der Waals surface area contributed by atoms with Crippen molar-refractivity contribution in [1.82, 2.24) is 4.57 Å². The van der Waals surface area contributed by atoms with Gasteiger partial charge >= 0.3 is 5.97 Å². The summed E-state index contributed by atoms with van der Waals surface area (Å²) in [7, 11) is 1.46. The van der Waals surface area contributed by atoms with Crippen molar-refractivity contribution in [3.8, 4) is 6.07 Å². The van der Waals surface area contributed by atoms with Gasteiger partial charge in [0.2, 0.25) is 0 Å². The average molecular weight is 394 g/mol. The van der Waals surface area contributed by atoms with Gasteiger partial charge in [-0.1, -0.05) is 0 Å². The lowest BCUT2D eigenvalue weighted by Gasteiger charge is -2.07. The molecule has 0 fully saturated rings. The van der Waals surface area contributed by atoms with Gasteiger partial charge in [0.15, 0.2) is 0 Å². The highest BCUT2D eigenvalue weighted by Gasteiger charge is 2.26. The Hall–Kier alpha value is -2.99. The Labute approximate surface area is 143 Å². The molecule has 9 heteroatoms. The van der Waals surface area contributed by atoms with E-state index in [1.807, 2.05) is 0 Å². The number of nitriles is 1. The molecule has 24 heavy (non-hydrogen) atoms. The molecule has 0 atom stereocenters. The molecule has 0 saturated carbocycles. The first-order chi connectivity index (χ1) is 11.3. The summed E-state index contributed by atoms with van der Waals surface area (Å²) in [5.74, 6) is -4.19. The number of aliphatic carboxylic acids is 1. The number of halogens is 2. The van der Waals surface area contributed by atoms with Crippen molar-refractivity contribution in [3.05, 3.63) is 51.5 Å². The second-order valence-electron chi connectivity index (χ2n) is 4.71. The zero-order chi connectivity index (χ0) is 18.0. The summed E-state index contributed by atoms with van der Waals surface area (Å²) in [6, 6.07) is 5.12. The summed E-state index contributed by atoms with van der Waals surface area (Å²) in [5, 5.41) is 20.0. The van der Waals surface area contributed by atoms with Crippen LogP contribution in [-0.2, 0) is 11.8 Å². The number of hydrogen-bond donors (Lipinski definition) is 2. The maximum Gasteiger partial charge on any atom is 0.377 e. The molecule has 0 unspecified atom stereocenters. The number of carbonyl (C=O) groups is 3. The molecule has 2 aromatic rings. The molecule has 0 aliphatic heterocycles. The Balaban J connectivity index is 2.36. The zero-order valence-corrected chi connectivity index (χ0v) is 13.7. The highest BCUT2D eigenvalue weighted by molar-refractivity contribution is 9.10. The quantitative estimate of drug-likeness (QED) is 0.611. The first-order valence-corrected chi connectivity index (χ1v) is 7.19. The number of rotatable bonds is 4. The summed E-state index contributed by atoms with van der Waals surface area (Å²) in [5.41, 5.74) is -0.230. The molecule has 2 rings (SSSR count). The number of Topliss-reactive ketones (excluding diaryl/α,β-unsaturated/α-hetero) is 1. The number of carboxylic acids is 1. The Morgan fingerprint density at radius 1 is 1.38 bits per heavy atom. The number of carboxylic acid groups (broad SMARTS) is 1. The number of nitrogens with one attached hydrogen (secondary N) is 1. The third-order valence-corrected chi connectivity index (χ3v) is 3.92. The van der Waals surface area contributed by atoms with E-state index in [9.17, 15) is 18.8 Å². The predicted molar refractivity (Wildman–Crippen MR) is 84.1 cm³/mol. The van der Waals surface area contributed by atoms with E-state index in [1.165, 1.54) is 23.9 Å². The lowest BCUT2D eigenvalue weighted by molar-refractivity contribution is -0.131.